The van der Waals surface area contributed by atoms with Crippen molar-refractivity contribution >= 4 is 0 Å². The maximum absolute atomic E-state index is 5.62. The Balaban J connectivity index is 2.11. The minimum Gasteiger partial charge on any atom is -0.271 e. The van der Waals surface area contributed by atoms with Gasteiger partial charge in [0.05, 0.1) is 0 Å². The quantitative estimate of drug-likeness (QED) is 0.375. The van der Waals surface area contributed by atoms with E-state index in [2.05, 4.69) is 42.7 Å². The van der Waals surface area contributed by atoms with Crippen LogP contribution in [0.2, 0.25) is 0 Å². The molecule has 2 nitrogen and oxygen atoms in total. The molecular formula is C16H28N2. The summed E-state index contributed by atoms with van der Waals surface area (Å²) < 4.78 is 0. The lowest BCUT2D eigenvalue weighted by molar-refractivity contribution is 0.430. The summed E-state index contributed by atoms with van der Waals surface area (Å²) in [6, 6.07) is 11.2. The molecule has 0 radical (unpaired) electrons. The van der Waals surface area contributed by atoms with E-state index in [1.54, 1.807) is 0 Å². The molecule has 0 aliphatic heterocycles. The van der Waals surface area contributed by atoms with Crippen LogP contribution in [0.5, 0.6) is 0 Å². The topological polar surface area (TPSA) is 38.0 Å². The van der Waals surface area contributed by atoms with Crippen molar-refractivity contribution < 1.29 is 0 Å². The van der Waals surface area contributed by atoms with Crippen molar-refractivity contribution in [2.24, 2.45) is 5.84 Å². The minimum absolute atomic E-state index is 0.491. The van der Waals surface area contributed by atoms with Crippen LogP contribution in [0, 0.1) is 0 Å². The SMILES string of the molecule is CCCCCCC(CCCc1ccccc1)NN. The largest absolute Gasteiger partial charge is 0.271 e. The van der Waals surface area contributed by atoms with E-state index in [4.69, 9.17) is 5.84 Å². The molecule has 1 unspecified atom stereocenters. The van der Waals surface area contributed by atoms with Crippen LogP contribution in [0.25, 0.3) is 0 Å². The Morgan fingerprint density at radius 2 is 1.72 bits per heavy atom. The van der Waals surface area contributed by atoms with E-state index < -0.39 is 0 Å². The molecule has 0 aromatic heterocycles. The third-order valence-corrected chi connectivity index (χ3v) is 3.50. The summed E-state index contributed by atoms with van der Waals surface area (Å²) >= 11 is 0. The van der Waals surface area contributed by atoms with Crippen LogP contribution in [0.4, 0.5) is 0 Å². The number of hydrogen-bond acceptors (Lipinski definition) is 2. The zero-order valence-corrected chi connectivity index (χ0v) is 11.7. The van der Waals surface area contributed by atoms with Crippen LogP contribution >= 0.6 is 0 Å². The predicted molar refractivity (Wildman–Crippen MR) is 79.3 cm³/mol. The molecule has 1 aromatic carbocycles. The first-order valence-electron chi connectivity index (χ1n) is 7.37. The third-order valence-electron chi connectivity index (χ3n) is 3.50. The van der Waals surface area contributed by atoms with Gasteiger partial charge in [-0.1, -0.05) is 62.9 Å². The van der Waals surface area contributed by atoms with Crippen molar-refractivity contribution in [2.75, 3.05) is 0 Å². The average Bonchev–Trinajstić information content (AvgIpc) is 2.42. The maximum Gasteiger partial charge on any atom is 0.0210 e. The lowest BCUT2D eigenvalue weighted by atomic mass is 10.0. The van der Waals surface area contributed by atoms with Gasteiger partial charge in [-0.15, -0.1) is 0 Å². The van der Waals surface area contributed by atoms with E-state index in [-0.39, 0.29) is 0 Å². The summed E-state index contributed by atoms with van der Waals surface area (Å²) in [6.07, 6.45) is 10.1. The summed E-state index contributed by atoms with van der Waals surface area (Å²) in [5, 5.41) is 0. The van der Waals surface area contributed by atoms with Gasteiger partial charge >= 0.3 is 0 Å². The fourth-order valence-electron chi connectivity index (χ4n) is 2.33. The van der Waals surface area contributed by atoms with Gasteiger partial charge in [-0.3, -0.25) is 11.3 Å². The summed E-state index contributed by atoms with van der Waals surface area (Å²) in [4.78, 5) is 0. The average molecular weight is 248 g/mol. The summed E-state index contributed by atoms with van der Waals surface area (Å²) in [6.45, 7) is 2.25. The number of hydrazine groups is 1. The van der Waals surface area contributed by atoms with Gasteiger partial charge in [0.25, 0.3) is 0 Å². The van der Waals surface area contributed by atoms with Crippen molar-refractivity contribution in [3.63, 3.8) is 0 Å². The van der Waals surface area contributed by atoms with Gasteiger partial charge in [-0.2, -0.15) is 0 Å². The fraction of sp³-hybridized carbons (Fsp3) is 0.625. The van der Waals surface area contributed by atoms with E-state index in [1.165, 1.54) is 50.5 Å². The minimum atomic E-state index is 0.491. The summed E-state index contributed by atoms with van der Waals surface area (Å²) in [5.74, 6) is 5.62. The van der Waals surface area contributed by atoms with Gasteiger partial charge < -0.3 is 0 Å². The van der Waals surface area contributed by atoms with Crippen LogP contribution in [0.3, 0.4) is 0 Å². The van der Waals surface area contributed by atoms with Crippen molar-refractivity contribution in [1.82, 2.24) is 5.43 Å². The molecule has 102 valence electrons. The Labute approximate surface area is 112 Å². The molecule has 1 atom stereocenters. The molecule has 0 saturated carbocycles. The predicted octanol–water partition coefficient (Wildman–Crippen LogP) is 3.81. The van der Waals surface area contributed by atoms with Crippen molar-refractivity contribution in [3.05, 3.63) is 35.9 Å². The summed E-state index contributed by atoms with van der Waals surface area (Å²) in [5.41, 5.74) is 4.40. The normalized spacial score (nSPS) is 12.6. The van der Waals surface area contributed by atoms with Crippen LogP contribution in [0.1, 0.15) is 57.4 Å². The lowest BCUT2D eigenvalue weighted by Gasteiger charge is -2.15. The molecule has 3 N–H and O–H groups in total. The Hall–Kier alpha value is -0.860. The Bertz CT molecular complexity index is 284. The second kappa shape index (κ2) is 10.1. The number of nitrogens with one attached hydrogen (secondary N) is 1. The molecular weight excluding hydrogens is 220 g/mol. The third kappa shape index (κ3) is 6.77. The van der Waals surface area contributed by atoms with Gasteiger partial charge in [0.2, 0.25) is 0 Å². The first-order valence-corrected chi connectivity index (χ1v) is 7.37. The molecule has 0 saturated heterocycles. The Morgan fingerprint density at radius 3 is 2.39 bits per heavy atom. The Morgan fingerprint density at radius 1 is 1.00 bits per heavy atom. The molecule has 0 aliphatic rings. The molecule has 2 heteroatoms. The highest BCUT2D eigenvalue weighted by molar-refractivity contribution is 5.14. The number of benzene rings is 1. The molecule has 0 aliphatic carbocycles. The standard InChI is InChI=1S/C16H28N2/c1-2-3-4-8-13-16(18-17)14-9-12-15-10-6-5-7-11-15/h5-7,10-11,16,18H,2-4,8-9,12-14,17H2,1H3. The Kier molecular flexibility index (Phi) is 8.53. The van der Waals surface area contributed by atoms with Gasteiger partial charge in [0.15, 0.2) is 0 Å². The van der Waals surface area contributed by atoms with Gasteiger partial charge in [0.1, 0.15) is 0 Å². The van der Waals surface area contributed by atoms with Crippen molar-refractivity contribution in [3.8, 4) is 0 Å². The zero-order chi connectivity index (χ0) is 13.1. The second-order valence-electron chi connectivity index (χ2n) is 5.09. The smallest absolute Gasteiger partial charge is 0.0210 e. The number of nitrogens with two attached hydrogens (primary N) is 1. The van der Waals surface area contributed by atoms with Crippen LogP contribution < -0.4 is 11.3 Å². The van der Waals surface area contributed by atoms with Crippen LogP contribution in [-0.4, -0.2) is 6.04 Å². The first kappa shape index (κ1) is 15.2. The van der Waals surface area contributed by atoms with E-state index in [0.717, 1.165) is 6.42 Å². The van der Waals surface area contributed by atoms with Crippen LogP contribution in [-0.2, 0) is 6.42 Å². The molecule has 1 rings (SSSR count). The summed E-state index contributed by atoms with van der Waals surface area (Å²) in [7, 11) is 0. The molecule has 0 bridgehead atoms. The number of hydrogen-bond donors (Lipinski definition) is 2. The highest BCUT2D eigenvalue weighted by Gasteiger charge is 2.05. The first-order chi connectivity index (χ1) is 8.86. The maximum atomic E-state index is 5.62. The fourth-order valence-corrected chi connectivity index (χ4v) is 2.33. The molecule has 18 heavy (non-hydrogen) atoms. The zero-order valence-electron chi connectivity index (χ0n) is 11.7. The lowest BCUT2D eigenvalue weighted by Crippen LogP contribution is -2.35. The molecule has 0 heterocycles. The van der Waals surface area contributed by atoms with Gasteiger partial charge in [0, 0.05) is 6.04 Å². The molecule has 0 spiro atoms. The second-order valence-corrected chi connectivity index (χ2v) is 5.09. The number of rotatable bonds is 10. The van der Waals surface area contributed by atoms with E-state index in [0.29, 0.717) is 6.04 Å². The number of unbranched alkanes of at least 4 members (excludes halogenated alkanes) is 3. The van der Waals surface area contributed by atoms with Crippen molar-refractivity contribution in [1.29, 1.82) is 0 Å². The highest BCUT2D eigenvalue weighted by atomic mass is 15.2. The van der Waals surface area contributed by atoms with E-state index >= 15 is 0 Å². The number of aryl methyl sites for hydroxylation is 1. The van der Waals surface area contributed by atoms with Crippen LogP contribution in [0.15, 0.2) is 30.3 Å². The monoisotopic (exact) mass is 248 g/mol. The van der Waals surface area contributed by atoms with Gasteiger partial charge in [-0.25, -0.2) is 0 Å². The van der Waals surface area contributed by atoms with Crippen molar-refractivity contribution in [2.45, 2.75) is 64.3 Å². The van der Waals surface area contributed by atoms with E-state index in [9.17, 15) is 0 Å². The molecule has 1 aromatic rings. The molecule has 0 amide bonds. The highest BCUT2D eigenvalue weighted by Crippen LogP contribution is 2.11. The van der Waals surface area contributed by atoms with E-state index in [1.807, 2.05) is 0 Å². The molecule has 0 fully saturated rings. The van der Waals surface area contributed by atoms with Gasteiger partial charge in [-0.05, 0) is 31.2 Å².